The molecule has 0 unspecified atom stereocenters. The largest absolute Gasteiger partial charge is 0.443 e. The molecule has 0 saturated carbocycles. The standard InChI is InChI=1S/C15H20N2O2/c1-15(2,3)19-14(18)17-9-5-7-13(11-17)12-6-4-8-16-10-12/h4,6,8,10-11H,5,7,9H2,1-3H3. The molecule has 0 saturated heterocycles. The Bertz CT molecular complexity index is 475. The van der Waals surface area contributed by atoms with Crippen molar-refractivity contribution in [3.05, 3.63) is 36.3 Å². The quantitative estimate of drug-likeness (QED) is 0.776. The topological polar surface area (TPSA) is 42.4 Å². The summed E-state index contributed by atoms with van der Waals surface area (Å²) >= 11 is 0. The summed E-state index contributed by atoms with van der Waals surface area (Å²) in [5, 5.41) is 0. The molecule has 1 aromatic heterocycles. The molecule has 1 aliphatic rings. The van der Waals surface area contributed by atoms with E-state index in [9.17, 15) is 4.79 Å². The van der Waals surface area contributed by atoms with Gasteiger partial charge in [0, 0.05) is 25.1 Å². The smallest absolute Gasteiger partial charge is 0.414 e. The minimum Gasteiger partial charge on any atom is -0.443 e. The summed E-state index contributed by atoms with van der Waals surface area (Å²) in [6.45, 7) is 6.33. The molecule has 0 bridgehead atoms. The van der Waals surface area contributed by atoms with Crippen LogP contribution in [-0.2, 0) is 4.74 Å². The maximum absolute atomic E-state index is 12.0. The van der Waals surface area contributed by atoms with E-state index in [1.165, 1.54) is 0 Å². The third-order valence-electron chi connectivity index (χ3n) is 2.82. The predicted molar refractivity (Wildman–Crippen MR) is 74.4 cm³/mol. The van der Waals surface area contributed by atoms with E-state index in [1.54, 1.807) is 11.1 Å². The van der Waals surface area contributed by atoms with Gasteiger partial charge in [-0.05, 0) is 50.8 Å². The van der Waals surface area contributed by atoms with Crippen LogP contribution >= 0.6 is 0 Å². The minimum atomic E-state index is -0.461. The lowest BCUT2D eigenvalue weighted by Gasteiger charge is -2.28. The Kier molecular flexibility index (Phi) is 3.88. The molecule has 0 atom stereocenters. The number of rotatable bonds is 1. The number of carbonyl (C=O) groups is 1. The van der Waals surface area contributed by atoms with Crippen molar-refractivity contribution in [1.82, 2.24) is 9.88 Å². The van der Waals surface area contributed by atoms with E-state index in [2.05, 4.69) is 4.98 Å². The van der Waals surface area contributed by atoms with Gasteiger partial charge in [-0.1, -0.05) is 6.07 Å². The zero-order valence-corrected chi connectivity index (χ0v) is 11.7. The zero-order chi connectivity index (χ0) is 13.9. The van der Waals surface area contributed by atoms with E-state index < -0.39 is 5.60 Å². The minimum absolute atomic E-state index is 0.284. The maximum atomic E-state index is 12.0. The molecule has 0 aliphatic carbocycles. The third kappa shape index (κ3) is 3.81. The van der Waals surface area contributed by atoms with E-state index in [0.717, 1.165) is 24.0 Å². The number of allylic oxidation sites excluding steroid dienone is 1. The van der Waals surface area contributed by atoms with E-state index >= 15 is 0 Å². The van der Waals surface area contributed by atoms with Gasteiger partial charge in [-0.25, -0.2) is 4.79 Å². The van der Waals surface area contributed by atoms with Crippen molar-refractivity contribution in [2.75, 3.05) is 6.54 Å². The Morgan fingerprint density at radius 3 is 2.84 bits per heavy atom. The molecule has 2 heterocycles. The maximum Gasteiger partial charge on any atom is 0.414 e. The van der Waals surface area contributed by atoms with Crippen LogP contribution in [0.4, 0.5) is 4.79 Å². The lowest BCUT2D eigenvalue weighted by atomic mass is 10.0. The van der Waals surface area contributed by atoms with Gasteiger partial charge in [-0.2, -0.15) is 0 Å². The lowest BCUT2D eigenvalue weighted by Crippen LogP contribution is -2.35. The second-order valence-corrected chi connectivity index (χ2v) is 5.67. The predicted octanol–water partition coefficient (Wildman–Crippen LogP) is 3.45. The Morgan fingerprint density at radius 2 is 2.21 bits per heavy atom. The average molecular weight is 260 g/mol. The second-order valence-electron chi connectivity index (χ2n) is 5.67. The van der Waals surface area contributed by atoms with Crippen LogP contribution in [0.3, 0.4) is 0 Å². The van der Waals surface area contributed by atoms with E-state index in [4.69, 9.17) is 4.74 Å². The summed E-state index contributed by atoms with van der Waals surface area (Å²) in [5.74, 6) is 0. The van der Waals surface area contributed by atoms with E-state index in [1.807, 2.05) is 45.3 Å². The van der Waals surface area contributed by atoms with Crippen LogP contribution in [0.1, 0.15) is 39.2 Å². The van der Waals surface area contributed by atoms with Crippen molar-refractivity contribution in [1.29, 1.82) is 0 Å². The van der Waals surface area contributed by atoms with Crippen LogP contribution in [0.25, 0.3) is 5.57 Å². The summed E-state index contributed by atoms with van der Waals surface area (Å²) < 4.78 is 5.39. The van der Waals surface area contributed by atoms with Gasteiger partial charge in [0.25, 0.3) is 0 Å². The van der Waals surface area contributed by atoms with Crippen LogP contribution in [0.2, 0.25) is 0 Å². The highest BCUT2D eigenvalue weighted by Gasteiger charge is 2.23. The second kappa shape index (κ2) is 5.43. The van der Waals surface area contributed by atoms with Crippen LogP contribution in [-0.4, -0.2) is 28.1 Å². The molecular formula is C15H20N2O2. The SMILES string of the molecule is CC(C)(C)OC(=O)N1C=C(c2cccnc2)CCC1. The van der Waals surface area contributed by atoms with Gasteiger partial charge in [0.15, 0.2) is 0 Å². The Hall–Kier alpha value is -1.84. The van der Waals surface area contributed by atoms with Crippen molar-refractivity contribution in [2.24, 2.45) is 0 Å². The molecule has 2 rings (SSSR count). The van der Waals surface area contributed by atoms with Gasteiger partial charge < -0.3 is 4.74 Å². The van der Waals surface area contributed by atoms with Crippen molar-refractivity contribution < 1.29 is 9.53 Å². The third-order valence-corrected chi connectivity index (χ3v) is 2.82. The molecule has 19 heavy (non-hydrogen) atoms. The summed E-state index contributed by atoms with van der Waals surface area (Å²) in [4.78, 5) is 17.8. The summed E-state index contributed by atoms with van der Waals surface area (Å²) in [7, 11) is 0. The molecule has 0 radical (unpaired) electrons. The molecule has 0 aromatic carbocycles. The molecule has 0 fully saturated rings. The van der Waals surface area contributed by atoms with Gasteiger partial charge in [0.1, 0.15) is 5.60 Å². The van der Waals surface area contributed by atoms with Crippen molar-refractivity contribution in [2.45, 2.75) is 39.2 Å². The summed E-state index contributed by atoms with van der Waals surface area (Å²) in [6, 6.07) is 3.92. The zero-order valence-electron chi connectivity index (χ0n) is 11.7. The molecule has 1 aromatic rings. The first kappa shape index (κ1) is 13.6. The number of amides is 1. The van der Waals surface area contributed by atoms with Crippen LogP contribution in [0, 0.1) is 0 Å². The van der Waals surface area contributed by atoms with E-state index in [-0.39, 0.29) is 6.09 Å². The van der Waals surface area contributed by atoms with Gasteiger partial charge in [0.2, 0.25) is 0 Å². The molecule has 1 aliphatic heterocycles. The number of ether oxygens (including phenoxy) is 1. The number of hydrogen-bond donors (Lipinski definition) is 0. The van der Waals surface area contributed by atoms with Gasteiger partial charge >= 0.3 is 6.09 Å². The van der Waals surface area contributed by atoms with Crippen molar-refractivity contribution >= 4 is 11.7 Å². The molecule has 4 heteroatoms. The fraction of sp³-hybridized carbons (Fsp3) is 0.467. The highest BCUT2D eigenvalue weighted by Crippen LogP contribution is 2.25. The fourth-order valence-corrected chi connectivity index (χ4v) is 1.99. The first-order valence-corrected chi connectivity index (χ1v) is 6.56. The Morgan fingerprint density at radius 1 is 1.42 bits per heavy atom. The molecule has 0 N–H and O–H groups in total. The number of aromatic nitrogens is 1. The number of carbonyl (C=O) groups excluding carboxylic acids is 1. The van der Waals surface area contributed by atoms with Gasteiger partial charge in [0.05, 0.1) is 0 Å². The Labute approximate surface area is 114 Å². The van der Waals surface area contributed by atoms with Crippen molar-refractivity contribution in [3.63, 3.8) is 0 Å². The highest BCUT2D eigenvalue weighted by atomic mass is 16.6. The van der Waals surface area contributed by atoms with Gasteiger partial charge in [-0.3, -0.25) is 9.88 Å². The summed E-state index contributed by atoms with van der Waals surface area (Å²) in [6.07, 6.45) is 7.08. The number of nitrogens with zero attached hydrogens (tertiary/aromatic N) is 2. The molecule has 4 nitrogen and oxygen atoms in total. The van der Waals surface area contributed by atoms with Crippen LogP contribution in [0.15, 0.2) is 30.7 Å². The monoisotopic (exact) mass is 260 g/mol. The van der Waals surface area contributed by atoms with Crippen LogP contribution < -0.4 is 0 Å². The van der Waals surface area contributed by atoms with Crippen LogP contribution in [0.5, 0.6) is 0 Å². The van der Waals surface area contributed by atoms with E-state index in [0.29, 0.717) is 6.54 Å². The Balaban J connectivity index is 2.14. The molecule has 1 amide bonds. The summed E-state index contributed by atoms with van der Waals surface area (Å²) in [5.41, 5.74) is 1.73. The first-order valence-electron chi connectivity index (χ1n) is 6.56. The number of pyridine rings is 1. The lowest BCUT2D eigenvalue weighted by molar-refractivity contribution is 0.0329. The normalized spacial score (nSPS) is 15.9. The van der Waals surface area contributed by atoms with Crippen molar-refractivity contribution in [3.8, 4) is 0 Å². The number of hydrogen-bond acceptors (Lipinski definition) is 3. The van der Waals surface area contributed by atoms with Gasteiger partial charge in [-0.15, -0.1) is 0 Å². The first-order chi connectivity index (χ1) is 8.96. The highest BCUT2D eigenvalue weighted by molar-refractivity contribution is 5.74. The molecule has 0 spiro atoms. The average Bonchev–Trinajstić information content (AvgIpc) is 2.38. The molecular weight excluding hydrogens is 240 g/mol. The molecule has 102 valence electrons. The fourth-order valence-electron chi connectivity index (χ4n) is 1.99.